The van der Waals surface area contributed by atoms with Gasteiger partial charge in [-0.3, -0.25) is 14.5 Å². The topological polar surface area (TPSA) is 92.5 Å². The quantitative estimate of drug-likeness (QED) is 0.511. The van der Waals surface area contributed by atoms with Gasteiger partial charge in [0.05, 0.1) is 30.7 Å². The monoisotopic (exact) mass is 459 g/mol. The molecule has 1 saturated heterocycles. The highest BCUT2D eigenvalue weighted by Crippen LogP contribution is 2.43. The highest BCUT2D eigenvalue weighted by atomic mass is 32.2. The molecule has 3 aromatic rings. The second-order valence-corrected chi connectivity index (χ2v) is 8.55. The minimum absolute atomic E-state index is 0.0694. The van der Waals surface area contributed by atoms with E-state index >= 15 is 0 Å². The number of nitriles is 1. The van der Waals surface area contributed by atoms with Gasteiger partial charge < -0.3 is 9.47 Å². The van der Waals surface area contributed by atoms with Crippen molar-refractivity contribution in [3.63, 3.8) is 0 Å². The Morgan fingerprint density at radius 1 is 1.06 bits per heavy atom. The van der Waals surface area contributed by atoms with Gasteiger partial charge in [-0.2, -0.15) is 5.26 Å². The highest BCUT2D eigenvalue weighted by molar-refractivity contribution is 8.00. The lowest BCUT2D eigenvalue weighted by atomic mass is 9.98. The second kappa shape index (κ2) is 9.35. The van der Waals surface area contributed by atoms with Gasteiger partial charge in [-0.1, -0.05) is 54.2 Å². The number of rotatable bonds is 6. The van der Waals surface area contributed by atoms with Crippen molar-refractivity contribution in [2.45, 2.75) is 16.7 Å². The Morgan fingerprint density at radius 3 is 2.42 bits per heavy atom. The van der Waals surface area contributed by atoms with Gasteiger partial charge in [0, 0.05) is 30.2 Å². The number of aromatic nitrogens is 1. The number of hydrogen-bond acceptors (Lipinski definition) is 7. The fourth-order valence-corrected chi connectivity index (χ4v) is 4.91. The number of likely N-dealkylation sites (tertiary alicyclic amines) is 1. The number of para-hydroxylation sites is 1. The van der Waals surface area contributed by atoms with Crippen LogP contribution in [0.3, 0.4) is 0 Å². The number of carbonyl (C=O) groups is 2. The fourth-order valence-electron chi connectivity index (χ4n) is 3.73. The first-order valence-electron chi connectivity index (χ1n) is 10.2. The second-order valence-electron chi connectivity index (χ2n) is 7.36. The molecule has 1 aliphatic heterocycles. The van der Waals surface area contributed by atoms with E-state index in [4.69, 9.17) is 14.5 Å². The maximum atomic E-state index is 12.6. The molecule has 2 heterocycles. The minimum atomic E-state index is -0.631. The van der Waals surface area contributed by atoms with E-state index in [2.05, 4.69) is 6.07 Å². The van der Waals surface area contributed by atoms with Crippen molar-refractivity contribution in [2.24, 2.45) is 0 Å². The van der Waals surface area contributed by atoms with Crippen LogP contribution in [0.5, 0.6) is 11.5 Å². The molecular formula is C25H21N3O4S. The van der Waals surface area contributed by atoms with E-state index < -0.39 is 5.25 Å². The molecule has 0 aliphatic carbocycles. The van der Waals surface area contributed by atoms with Crippen LogP contribution < -0.4 is 9.47 Å². The van der Waals surface area contributed by atoms with E-state index in [1.165, 1.54) is 7.05 Å². The van der Waals surface area contributed by atoms with Gasteiger partial charge >= 0.3 is 0 Å². The Kier molecular flexibility index (Phi) is 6.33. The van der Waals surface area contributed by atoms with Crippen LogP contribution in [0.4, 0.5) is 0 Å². The molecule has 7 nitrogen and oxygen atoms in total. The molecule has 1 atom stereocenters. The Morgan fingerprint density at radius 2 is 1.82 bits per heavy atom. The predicted octanol–water partition coefficient (Wildman–Crippen LogP) is 4.15. The van der Waals surface area contributed by atoms with Crippen LogP contribution >= 0.6 is 11.8 Å². The fraction of sp³-hybridized carbons (Fsp3) is 0.200. The molecule has 0 spiro atoms. The summed E-state index contributed by atoms with van der Waals surface area (Å²) in [6.45, 7) is 0. The van der Waals surface area contributed by atoms with Crippen LogP contribution in [-0.2, 0) is 9.59 Å². The molecule has 2 aromatic carbocycles. The molecule has 1 aromatic heterocycles. The molecule has 1 aliphatic rings. The third kappa shape index (κ3) is 4.15. The van der Waals surface area contributed by atoms with Crippen molar-refractivity contribution in [3.05, 3.63) is 60.2 Å². The third-order valence-electron chi connectivity index (χ3n) is 5.45. The minimum Gasteiger partial charge on any atom is -0.493 e. The van der Waals surface area contributed by atoms with E-state index in [0.29, 0.717) is 38.9 Å². The molecule has 0 N–H and O–H groups in total. The summed E-state index contributed by atoms with van der Waals surface area (Å²) in [7, 11) is 4.56. The SMILES string of the molecule is COc1cccc(-c2cc(-c3ccccc3)nc(SC3CC(=O)N(C)C3=O)c2C#N)c1OC. The molecule has 1 fully saturated rings. The number of amides is 2. The van der Waals surface area contributed by atoms with Crippen LogP contribution in [0.2, 0.25) is 0 Å². The first-order valence-corrected chi connectivity index (χ1v) is 11.1. The molecule has 8 heteroatoms. The van der Waals surface area contributed by atoms with Gasteiger partial charge in [-0.25, -0.2) is 4.98 Å². The predicted molar refractivity (Wildman–Crippen MR) is 125 cm³/mol. The zero-order chi connectivity index (χ0) is 23.5. The lowest BCUT2D eigenvalue weighted by Crippen LogP contribution is -2.26. The lowest BCUT2D eigenvalue weighted by molar-refractivity contribution is -0.136. The van der Waals surface area contributed by atoms with Gasteiger partial charge in [0.1, 0.15) is 11.1 Å². The number of nitrogens with zero attached hydrogens (tertiary/aromatic N) is 3. The van der Waals surface area contributed by atoms with Gasteiger partial charge in [0.2, 0.25) is 11.8 Å². The van der Waals surface area contributed by atoms with Crippen LogP contribution in [0.15, 0.2) is 59.6 Å². The molecular weight excluding hydrogens is 438 g/mol. The first-order chi connectivity index (χ1) is 16.0. The van der Waals surface area contributed by atoms with Crippen molar-refractivity contribution in [1.82, 2.24) is 9.88 Å². The maximum Gasteiger partial charge on any atom is 0.242 e. The van der Waals surface area contributed by atoms with E-state index in [1.54, 1.807) is 20.3 Å². The number of pyridine rings is 1. The van der Waals surface area contributed by atoms with E-state index in [9.17, 15) is 14.9 Å². The molecule has 0 radical (unpaired) electrons. The van der Waals surface area contributed by atoms with Gasteiger partial charge in [0.15, 0.2) is 11.5 Å². The molecule has 1 unspecified atom stereocenters. The zero-order valence-corrected chi connectivity index (χ0v) is 19.2. The number of carbonyl (C=O) groups excluding carboxylic acids is 2. The summed E-state index contributed by atoms with van der Waals surface area (Å²) in [6, 6.07) is 19.1. The summed E-state index contributed by atoms with van der Waals surface area (Å²) in [6.07, 6.45) is 0.0694. The maximum absolute atomic E-state index is 12.6. The zero-order valence-electron chi connectivity index (χ0n) is 18.4. The Bertz CT molecular complexity index is 1270. The van der Waals surface area contributed by atoms with Crippen LogP contribution in [0, 0.1) is 11.3 Å². The summed E-state index contributed by atoms with van der Waals surface area (Å²) < 4.78 is 11.1. The number of hydrogen-bond donors (Lipinski definition) is 0. The number of imide groups is 1. The van der Waals surface area contributed by atoms with E-state index in [1.807, 2.05) is 48.5 Å². The Balaban J connectivity index is 1.93. The summed E-state index contributed by atoms with van der Waals surface area (Å²) in [5.74, 6) is 0.486. The van der Waals surface area contributed by atoms with Crippen LogP contribution in [-0.4, -0.2) is 48.2 Å². The van der Waals surface area contributed by atoms with Crippen molar-refractivity contribution in [2.75, 3.05) is 21.3 Å². The van der Waals surface area contributed by atoms with Crippen molar-refractivity contribution in [1.29, 1.82) is 5.26 Å². The normalized spacial score (nSPS) is 15.5. The molecule has 2 amide bonds. The van der Waals surface area contributed by atoms with Crippen molar-refractivity contribution >= 4 is 23.6 Å². The Hall–Kier alpha value is -3.83. The number of methoxy groups -OCH3 is 2. The molecule has 4 rings (SSSR count). The summed E-state index contributed by atoms with van der Waals surface area (Å²) in [5.41, 5.74) is 3.08. The molecule has 33 heavy (non-hydrogen) atoms. The van der Waals surface area contributed by atoms with Crippen LogP contribution in [0.25, 0.3) is 22.4 Å². The van der Waals surface area contributed by atoms with E-state index in [0.717, 1.165) is 22.2 Å². The standard InChI is InChI=1S/C25H21N3O4S/c1-28-22(29)13-21(25(28)30)33-24-18(14-26)17(12-19(27-24)15-8-5-4-6-9-15)16-10-7-11-20(31-2)23(16)32-3/h4-12,21H,13H2,1-3H3. The third-order valence-corrected chi connectivity index (χ3v) is 6.63. The average Bonchev–Trinajstić information content (AvgIpc) is 3.09. The highest BCUT2D eigenvalue weighted by Gasteiger charge is 2.38. The largest absolute Gasteiger partial charge is 0.493 e. The number of benzene rings is 2. The summed E-state index contributed by atoms with van der Waals surface area (Å²) >= 11 is 1.14. The van der Waals surface area contributed by atoms with Crippen molar-refractivity contribution < 1.29 is 19.1 Å². The van der Waals surface area contributed by atoms with Gasteiger partial charge in [-0.05, 0) is 12.1 Å². The first kappa shape index (κ1) is 22.4. The van der Waals surface area contributed by atoms with E-state index in [-0.39, 0.29) is 18.2 Å². The molecule has 0 saturated carbocycles. The number of ether oxygens (including phenoxy) is 2. The molecule has 166 valence electrons. The van der Waals surface area contributed by atoms with Crippen molar-refractivity contribution in [3.8, 4) is 40.0 Å². The number of thioether (sulfide) groups is 1. The average molecular weight is 460 g/mol. The van der Waals surface area contributed by atoms with Gasteiger partial charge in [0.25, 0.3) is 0 Å². The van der Waals surface area contributed by atoms with Gasteiger partial charge in [-0.15, -0.1) is 0 Å². The lowest BCUT2D eigenvalue weighted by Gasteiger charge is -2.17. The smallest absolute Gasteiger partial charge is 0.242 e. The van der Waals surface area contributed by atoms with Crippen LogP contribution in [0.1, 0.15) is 12.0 Å². The molecule has 0 bridgehead atoms. The Labute approximate surface area is 196 Å². The summed E-state index contributed by atoms with van der Waals surface area (Å²) in [5, 5.41) is 9.88. The summed E-state index contributed by atoms with van der Waals surface area (Å²) in [4.78, 5) is 30.5.